The number of carbonyl (C=O) groups is 1. The van der Waals surface area contributed by atoms with Crippen molar-refractivity contribution < 1.29 is 13.2 Å². The van der Waals surface area contributed by atoms with E-state index < -0.39 is 15.9 Å². The van der Waals surface area contributed by atoms with Gasteiger partial charge < -0.3 is 5.32 Å². The van der Waals surface area contributed by atoms with Gasteiger partial charge in [-0.25, -0.2) is 13.4 Å². The molecule has 0 aliphatic heterocycles. The maximum atomic E-state index is 12.8. The zero-order chi connectivity index (χ0) is 20.3. The number of amides is 1. The van der Waals surface area contributed by atoms with Gasteiger partial charge in [-0.3, -0.25) is 9.52 Å². The van der Waals surface area contributed by atoms with Crippen LogP contribution in [0.15, 0.2) is 65.6 Å². The summed E-state index contributed by atoms with van der Waals surface area (Å²) in [5, 5.41) is 3.10. The van der Waals surface area contributed by atoms with Crippen molar-refractivity contribution in [2.45, 2.75) is 18.7 Å². The first-order chi connectivity index (χ1) is 13.2. The number of pyridine rings is 1. The van der Waals surface area contributed by atoms with Crippen molar-refractivity contribution in [2.24, 2.45) is 0 Å². The van der Waals surface area contributed by atoms with Gasteiger partial charge in [0.1, 0.15) is 5.69 Å². The van der Waals surface area contributed by atoms with Crippen molar-refractivity contribution in [1.82, 2.24) is 4.98 Å². The molecule has 1 heterocycles. The van der Waals surface area contributed by atoms with Gasteiger partial charge in [0, 0.05) is 16.4 Å². The molecule has 8 heteroatoms. The van der Waals surface area contributed by atoms with Crippen LogP contribution in [-0.4, -0.2) is 19.3 Å². The van der Waals surface area contributed by atoms with Crippen LogP contribution in [0.4, 0.5) is 11.4 Å². The van der Waals surface area contributed by atoms with Crippen molar-refractivity contribution in [2.75, 3.05) is 10.0 Å². The highest BCUT2D eigenvalue weighted by Crippen LogP contribution is 2.24. The molecular formula is C20H18ClN3O3S. The molecule has 3 rings (SSSR count). The summed E-state index contributed by atoms with van der Waals surface area (Å²) in [4.78, 5) is 16.6. The lowest BCUT2D eigenvalue weighted by atomic mass is 10.2. The second-order valence-electron chi connectivity index (χ2n) is 6.21. The van der Waals surface area contributed by atoms with Crippen LogP contribution in [-0.2, 0) is 10.0 Å². The summed E-state index contributed by atoms with van der Waals surface area (Å²) in [7, 11) is -3.87. The molecule has 3 aromatic rings. The Hall–Kier alpha value is -2.90. The predicted molar refractivity (Wildman–Crippen MR) is 110 cm³/mol. The Labute approximate surface area is 168 Å². The first kappa shape index (κ1) is 19.9. The predicted octanol–water partition coefficient (Wildman–Crippen LogP) is 4.40. The molecule has 2 N–H and O–H groups in total. The van der Waals surface area contributed by atoms with Crippen LogP contribution in [0.1, 0.15) is 21.7 Å². The fourth-order valence-corrected chi connectivity index (χ4v) is 4.11. The second-order valence-corrected chi connectivity index (χ2v) is 8.30. The third kappa shape index (κ3) is 4.68. The third-order valence-electron chi connectivity index (χ3n) is 3.93. The number of halogens is 1. The second kappa shape index (κ2) is 8.00. The Kier molecular flexibility index (Phi) is 5.67. The van der Waals surface area contributed by atoms with E-state index in [1.54, 1.807) is 62.4 Å². The molecule has 0 saturated carbocycles. The quantitative estimate of drug-likeness (QED) is 0.646. The summed E-state index contributed by atoms with van der Waals surface area (Å²) in [5.74, 6) is -0.418. The Morgan fingerprint density at radius 2 is 1.71 bits per heavy atom. The van der Waals surface area contributed by atoms with E-state index in [1.807, 2.05) is 0 Å². The van der Waals surface area contributed by atoms with Gasteiger partial charge in [0.05, 0.1) is 10.6 Å². The lowest BCUT2D eigenvalue weighted by molar-refractivity contribution is 0.102. The molecule has 2 aromatic carbocycles. The number of carbonyl (C=O) groups excluding carboxylic acids is 1. The maximum absolute atomic E-state index is 12.8. The molecular weight excluding hydrogens is 398 g/mol. The molecule has 1 amide bonds. The summed E-state index contributed by atoms with van der Waals surface area (Å²) >= 11 is 5.91. The van der Waals surface area contributed by atoms with E-state index in [9.17, 15) is 13.2 Å². The SMILES string of the molecule is Cc1cccc(C(=O)Nc2ccc(C)c(S(=O)(=O)Nc3cccc(Cl)c3)c2)n1. The number of rotatable bonds is 5. The third-order valence-corrected chi connectivity index (χ3v) is 5.69. The van der Waals surface area contributed by atoms with Crippen molar-refractivity contribution in [3.05, 3.63) is 82.6 Å². The fraction of sp³-hybridized carbons (Fsp3) is 0.100. The van der Waals surface area contributed by atoms with Crippen LogP contribution in [0.2, 0.25) is 5.02 Å². The average Bonchev–Trinajstić information content (AvgIpc) is 2.63. The summed E-state index contributed by atoms with van der Waals surface area (Å²) in [6, 6.07) is 16.2. The van der Waals surface area contributed by atoms with E-state index in [-0.39, 0.29) is 10.6 Å². The minimum atomic E-state index is -3.87. The number of aryl methyl sites for hydroxylation is 2. The Morgan fingerprint density at radius 3 is 2.43 bits per heavy atom. The zero-order valence-corrected chi connectivity index (χ0v) is 16.8. The van der Waals surface area contributed by atoms with E-state index in [0.717, 1.165) is 0 Å². The number of hydrogen-bond donors (Lipinski definition) is 2. The molecule has 0 fully saturated rings. The summed E-state index contributed by atoms with van der Waals surface area (Å²) in [5.41, 5.74) is 2.21. The first-order valence-electron chi connectivity index (χ1n) is 8.39. The molecule has 1 aromatic heterocycles. The van der Waals surface area contributed by atoms with Crippen molar-refractivity contribution in [1.29, 1.82) is 0 Å². The molecule has 0 unspecified atom stereocenters. The molecule has 0 aliphatic rings. The van der Waals surface area contributed by atoms with Crippen molar-refractivity contribution in [3.8, 4) is 0 Å². The molecule has 0 spiro atoms. The van der Waals surface area contributed by atoms with Crippen LogP contribution in [0, 0.1) is 13.8 Å². The van der Waals surface area contributed by atoms with E-state index >= 15 is 0 Å². The van der Waals surface area contributed by atoms with Gasteiger partial charge in [-0.15, -0.1) is 0 Å². The molecule has 0 bridgehead atoms. The van der Waals surface area contributed by atoms with Crippen LogP contribution >= 0.6 is 11.6 Å². The molecule has 28 heavy (non-hydrogen) atoms. The fourth-order valence-electron chi connectivity index (χ4n) is 2.59. The standard InChI is InChI=1S/C20H18ClN3O3S/c1-13-9-10-16(23-20(25)18-8-3-5-14(2)22-18)12-19(13)28(26,27)24-17-7-4-6-15(21)11-17/h3-12,24H,1-2H3,(H,23,25). The number of anilines is 2. The molecule has 0 saturated heterocycles. The number of nitrogens with one attached hydrogen (secondary N) is 2. The van der Waals surface area contributed by atoms with E-state index in [4.69, 9.17) is 11.6 Å². The highest BCUT2D eigenvalue weighted by molar-refractivity contribution is 7.92. The number of aromatic nitrogens is 1. The van der Waals surface area contributed by atoms with E-state index in [2.05, 4.69) is 15.0 Å². The summed E-state index contributed by atoms with van der Waals surface area (Å²) in [6.07, 6.45) is 0. The number of benzene rings is 2. The first-order valence-corrected chi connectivity index (χ1v) is 10.2. The topological polar surface area (TPSA) is 88.2 Å². The summed E-state index contributed by atoms with van der Waals surface area (Å²) < 4.78 is 28.1. The minimum absolute atomic E-state index is 0.0578. The Morgan fingerprint density at radius 1 is 0.964 bits per heavy atom. The van der Waals surface area contributed by atoms with Crippen molar-refractivity contribution >= 4 is 38.9 Å². The van der Waals surface area contributed by atoms with Crippen LogP contribution in [0.5, 0.6) is 0 Å². The maximum Gasteiger partial charge on any atom is 0.274 e. The van der Waals surface area contributed by atoms with Crippen LogP contribution in [0.3, 0.4) is 0 Å². The van der Waals surface area contributed by atoms with Gasteiger partial charge in [0.15, 0.2) is 0 Å². The highest BCUT2D eigenvalue weighted by Gasteiger charge is 2.19. The Bertz CT molecular complexity index is 1150. The minimum Gasteiger partial charge on any atom is -0.321 e. The lowest BCUT2D eigenvalue weighted by Crippen LogP contribution is -2.17. The van der Waals surface area contributed by atoms with Gasteiger partial charge in [-0.05, 0) is 61.9 Å². The van der Waals surface area contributed by atoms with Gasteiger partial charge in [0.2, 0.25) is 0 Å². The Balaban J connectivity index is 1.87. The van der Waals surface area contributed by atoms with Gasteiger partial charge in [-0.1, -0.05) is 29.8 Å². The van der Waals surface area contributed by atoms with Gasteiger partial charge in [-0.2, -0.15) is 0 Å². The average molecular weight is 416 g/mol. The number of nitrogens with zero attached hydrogens (tertiary/aromatic N) is 1. The van der Waals surface area contributed by atoms with Gasteiger partial charge in [0.25, 0.3) is 15.9 Å². The van der Waals surface area contributed by atoms with Gasteiger partial charge >= 0.3 is 0 Å². The van der Waals surface area contributed by atoms with Crippen LogP contribution in [0.25, 0.3) is 0 Å². The molecule has 144 valence electrons. The normalized spacial score (nSPS) is 11.1. The molecule has 6 nitrogen and oxygen atoms in total. The van der Waals surface area contributed by atoms with Crippen LogP contribution < -0.4 is 10.0 Å². The smallest absolute Gasteiger partial charge is 0.274 e. The zero-order valence-electron chi connectivity index (χ0n) is 15.2. The number of hydrogen-bond acceptors (Lipinski definition) is 4. The van der Waals surface area contributed by atoms with E-state index in [0.29, 0.717) is 27.7 Å². The summed E-state index contributed by atoms with van der Waals surface area (Å²) in [6.45, 7) is 3.47. The largest absolute Gasteiger partial charge is 0.321 e. The molecule has 0 aliphatic carbocycles. The molecule has 0 atom stereocenters. The van der Waals surface area contributed by atoms with Crippen molar-refractivity contribution in [3.63, 3.8) is 0 Å². The lowest BCUT2D eigenvalue weighted by Gasteiger charge is -2.13. The highest BCUT2D eigenvalue weighted by atomic mass is 35.5. The number of sulfonamides is 1. The monoisotopic (exact) mass is 415 g/mol. The van der Waals surface area contributed by atoms with E-state index in [1.165, 1.54) is 12.1 Å². The molecule has 0 radical (unpaired) electrons.